The maximum Gasteiger partial charge on any atom is 0.488 e. The second kappa shape index (κ2) is 25.5. The smallest absolute Gasteiger partial charge is 0.352 e. The molecule has 1 aliphatic rings. The second-order valence-electron chi connectivity index (χ2n) is 13.5. The van der Waals surface area contributed by atoms with Crippen LogP contribution in [0.15, 0.2) is 20.9 Å². The monoisotopic (exact) mass is 814 g/mol. The Labute approximate surface area is 312 Å². The van der Waals surface area contributed by atoms with Gasteiger partial charge in [-0.25, -0.2) is 18.2 Å². The summed E-state index contributed by atoms with van der Waals surface area (Å²) in [4.78, 5) is 49.6. The van der Waals surface area contributed by atoms with Gasteiger partial charge >= 0.3 is 28.9 Å². The number of nitrogens with two attached hydrogens (primary N) is 1. The molecule has 5 N–H and O–H groups in total. The zero-order chi connectivity index (χ0) is 39.2. The zero-order valence-corrected chi connectivity index (χ0v) is 33.9. The van der Waals surface area contributed by atoms with Gasteiger partial charge in [0.05, 0.1) is 31.5 Å². The Morgan fingerprint density at radius 2 is 1.45 bits per heavy atom. The number of hydrogen-bond donors (Lipinski definition) is 4. The van der Waals surface area contributed by atoms with Gasteiger partial charge < -0.3 is 24.8 Å². The average molecular weight is 815 g/mol. The quantitative estimate of drug-likeness (QED) is 0.0181. The van der Waals surface area contributed by atoms with E-state index in [0.29, 0.717) is 32.2 Å². The number of rotatable bonds is 31. The van der Waals surface area contributed by atoms with E-state index in [1.807, 2.05) is 0 Å². The van der Waals surface area contributed by atoms with Crippen molar-refractivity contribution in [3.8, 4) is 0 Å². The summed E-state index contributed by atoms with van der Waals surface area (Å²) in [6.45, 7) is 3.19. The molecule has 2 rings (SSSR count). The molecule has 1 aliphatic heterocycles. The molecule has 1 aromatic rings. The van der Waals surface area contributed by atoms with Gasteiger partial charge in [-0.2, -0.15) is 4.31 Å². The highest BCUT2D eigenvalue weighted by Gasteiger charge is 2.44. The highest BCUT2D eigenvalue weighted by Crippen LogP contribution is 2.69. The molecular formula is C32H61N6O12P3. The largest absolute Gasteiger partial charge is 0.488 e. The maximum atomic E-state index is 13.5. The summed E-state index contributed by atoms with van der Waals surface area (Å²) in [5.41, 5.74) is 13.3. The van der Waals surface area contributed by atoms with Crippen LogP contribution >= 0.6 is 23.2 Å². The molecule has 18 nitrogen and oxygen atoms in total. The Balaban J connectivity index is 1.83. The van der Waals surface area contributed by atoms with Crippen LogP contribution in [0.2, 0.25) is 0 Å². The lowest BCUT2D eigenvalue weighted by Crippen LogP contribution is -2.33. The Hall–Kier alpha value is -1.64. The summed E-state index contributed by atoms with van der Waals surface area (Å²) in [6.07, 6.45) is 17.8. The first-order valence-electron chi connectivity index (χ1n) is 18.9. The number of unbranched alkanes of at least 4 members (excludes halogenated alkanes) is 16. The molecule has 1 aromatic heterocycles. The summed E-state index contributed by atoms with van der Waals surface area (Å²) in [5.74, 6) is 0. The molecule has 53 heavy (non-hydrogen) atoms. The third kappa shape index (κ3) is 19.7. The average Bonchev–Trinajstić information content (AvgIpc) is 3.49. The number of hydrogen-bond acceptors (Lipinski definition) is 12. The Morgan fingerprint density at radius 1 is 0.887 bits per heavy atom. The molecule has 0 aliphatic carbocycles. The first kappa shape index (κ1) is 47.5. The van der Waals surface area contributed by atoms with E-state index in [4.69, 9.17) is 29.4 Å². The summed E-state index contributed by atoms with van der Waals surface area (Å²) < 4.78 is 65.6. The van der Waals surface area contributed by atoms with E-state index in [9.17, 15) is 33.1 Å². The molecule has 0 spiro atoms. The maximum absolute atomic E-state index is 13.5. The molecule has 0 aromatic carbocycles. The van der Waals surface area contributed by atoms with Crippen LogP contribution in [-0.4, -0.2) is 57.4 Å². The van der Waals surface area contributed by atoms with Gasteiger partial charge in [-0.3, -0.25) is 23.4 Å². The number of aromatic nitrogens is 2. The third-order valence-corrected chi connectivity index (χ3v) is 14.3. The van der Waals surface area contributed by atoms with Gasteiger partial charge in [-0.15, -0.1) is 0 Å². The van der Waals surface area contributed by atoms with E-state index in [1.165, 1.54) is 77.3 Å². The first-order chi connectivity index (χ1) is 25.2. The number of nitrogens with one attached hydrogen (secondary N) is 1. The molecule has 0 amide bonds. The lowest BCUT2D eigenvalue weighted by Gasteiger charge is -2.23. The number of phosphoric acid groups is 2. The SMILES string of the molecule is CCCCCCCCCCCCCCCCCCP(=O)(OCCCCN)OP(=O)(O)OP(=O)(O)OC[C@H]1O[C@@H](n2cc(C)c(=O)[nH]c2=O)CC1N=[N+]=[N-]. The van der Waals surface area contributed by atoms with Crippen LogP contribution in [-0.2, 0) is 36.1 Å². The molecule has 1 fully saturated rings. The Kier molecular flexibility index (Phi) is 22.9. The molecule has 0 radical (unpaired) electrons. The van der Waals surface area contributed by atoms with Crippen LogP contribution in [0.5, 0.6) is 0 Å². The standard InChI is InChI=1S/C32H61N6O12P3/c1-3-4-5-6-7-8-9-10-11-12-13-14-15-16-17-20-23-51(41,46-22-19-18-21-33)49-53(44,45)50-52(42,43)47-26-29-28(36-37-34)24-30(48-29)38-25-27(2)31(39)35-32(38)40/h25,28-30H,3-24,26,33H2,1-2H3,(H,42,43)(H,44,45)(H,35,39,40)/t28?,29-,30-,51?/m1/s1. The van der Waals surface area contributed by atoms with E-state index >= 15 is 0 Å². The van der Waals surface area contributed by atoms with Crippen LogP contribution in [0.25, 0.3) is 10.4 Å². The van der Waals surface area contributed by atoms with Crippen molar-refractivity contribution in [2.24, 2.45) is 10.8 Å². The van der Waals surface area contributed by atoms with E-state index in [2.05, 4.69) is 26.2 Å². The van der Waals surface area contributed by atoms with Crippen LogP contribution in [0.3, 0.4) is 0 Å². The van der Waals surface area contributed by atoms with E-state index in [1.54, 1.807) is 0 Å². The van der Waals surface area contributed by atoms with Gasteiger partial charge in [-0.1, -0.05) is 108 Å². The minimum absolute atomic E-state index is 0.0638. The topological polar surface area (TPSA) is 267 Å². The van der Waals surface area contributed by atoms with E-state index < -0.39 is 59.5 Å². The van der Waals surface area contributed by atoms with Crippen molar-refractivity contribution in [1.82, 2.24) is 9.55 Å². The van der Waals surface area contributed by atoms with Crippen LogP contribution < -0.4 is 17.0 Å². The highest BCUT2D eigenvalue weighted by atomic mass is 31.3. The van der Waals surface area contributed by atoms with Gasteiger partial charge in [0.15, 0.2) is 0 Å². The van der Waals surface area contributed by atoms with Crippen molar-refractivity contribution in [2.75, 3.05) is 25.9 Å². The van der Waals surface area contributed by atoms with Crippen molar-refractivity contribution in [2.45, 2.75) is 154 Å². The molecule has 6 atom stereocenters. The highest BCUT2D eigenvalue weighted by molar-refractivity contribution is 7.68. The normalized spacial score (nSPS) is 20.7. The van der Waals surface area contributed by atoms with Crippen molar-refractivity contribution in [3.63, 3.8) is 0 Å². The van der Waals surface area contributed by atoms with E-state index in [0.717, 1.165) is 30.3 Å². The van der Waals surface area contributed by atoms with Crippen LogP contribution in [0, 0.1) is 6.92 Å². The van der Waals surface area contributed by atoms with Gasteiger partial charge in [-0.05, 0) is 38.3 Å². The minimum atomic E-state index is -5.50. The fraction of sp³-hybridized carbons (Fsp3) is 0.875. The fourth-order valence-electron chi connectivity index (χ4n) is 5.95. The van der Waals surface area contributed by atoms with Crippen LogP contribution in [0.1, 0.15) is 141 Å². The number of azide groups is 1. The summed E-state index contributed by atoms with van der Waals surface area (Å²) in [7, 11) is -15.2. The summed E-state index contributed by atoms with van der Waals surface area (Å²) in [6, 6.07) is -0.997. The second-order valence-corrected chi connectivity index (χ2v) is 18.8. The van der Waals surface area contributed by atoms with Crippen molar-refractivity contribution in [1.29, 1.82) is 0 Å². The molecule has 4 unspecified atom stereocenters. The molecule has 306 valence electrons. The Morgan fingerprint density at radius 3 is 2.00 bits per heavy atom. The van der Waals surface area contributed by atoms with Gasteiger partial charge in [0.1, 0.15) is 6.23 Å². The van der Waals surface area contributed by atoms with Crippen molar-refractivity contribution in [3.05, 3.63) is 43.0 Å². The summed E-state index contributed by atoms with van der Waals surface area (Å²) in [5, 5.41) is 3.58. The number of ether oxygens (including phenoxy) is 1. The number of phosphoric ester groups is 1. The number of aromatic amines is 1. The summed E-state index contributed by atoms with van der Waals surface area (Å²) >= 11 is 0. The van der Waals surface area contributed by atoms with E-state index in [-0.39, 0.29) is 24.8 Å². The van der Waals surface area contributed by atoms with Gasteiger partial charge in [0.2, 0.25) is 0 Å². The lowest BCUT2D eigenvalue weighted by molar-refractivity contribution is -0.0267. The number of nitrogens with zero attached hydrogens (tertiary/aromatic N) is 4. The third-order valence-electron chi connectivity index (χ3n) is 8.87. The predicted octanol–water partition coefficient (Wildman–Crippen LogP) is 8.27. The van der Waals surface area contributed by atoms with Crippen molar-refractivity contribution < 1.29 is 45.9 Å². The molecular weight excluding hydrogens is 753 g/mol. The minimum Gasteiger partial charge on any atom is -0.352 e. The number of aryl methyl sites for hydroxylation is 1. The van der Waals surface area contributed by atoms with Crippen LogP contribution in [0.4, 0.5) is 0 Å². The predicted molar refractivity (Wildman–Crippen MR) is 202 cm³/mol. The molecule has 0 bridgehead atoms. The molecule has 1 saturated heterocycles. The van der Waals surface area contributed by atoms with Crippen molar-refractivity contribution >= 4 is 23.2 Å². The molecule has 0 saturated carbocycles. The van der Waals surface area contributed by atoms with Gasteiger partial charge in [0.25, 0.3) is 5.56 Å². The Bertz CT molecular complexity index is 1520. The lowest BCUT2D eigenvalue weighted by atomic mass is 10.0. The fourth-order valence-corrected chi connectivity index (χ4v) is 10.8. The first-order valence-corrected chi connectivity index (χ1v) is 23.6. The zero-order valence-electron chi connectivity index (χ0n) is 31.3. The molecule has 21 heteroatoms. The number of H-pyrrole nitrogens is 1. The van der Waals surface area contributed by atoms with Gasteiger partial charge in [0, 0.05) is 23.1 Å². The molecule has 2 heterocycles.